The summed E-state index contributed by atoms with van der Waals surface area (Å²) in [7, 11) is 0. The molecule has 2 atom stereocenters. The van der Waals surface area contributed by atoms with E-state index in [2.05, 4.69) is 47.9 Å². The van der Waals surface area contributed by atoms with Gasteiger partial charge in [0.05, 0.1) is 12.2 Å². The molecule has 2 aliphatic rings. The van der Waals surface area contributed by atoms with Crippen molar-refractivity contribution in [1.29, 1.82) is 0 Å². The van der Waals surface area contributed by atoms with E-state index in [0.717, 1.165) is 62.9 Å². The summed E-state index contributed by atoms with van der Waals surface area (Å²) in [5.41, 5.74) is 3.27. The first-order valence-corrected chi connectivity index (χ1v) is 11.6. The van der Waals surface area contributed by atoms with Crippen LogP contribution in [0.5, 0.6) is 0 Å². The molecule has 2 saturated heterocycles. The van der Waals surface area contributed by atoms with Gasteiger partial charge in [0.2, 0.25) is 0 Å². The highest BCUT2D eigenvalue weighted by molar-refractivity contribution is 6.30. The third-order valence-corrected chi connectivity index (χ3v) is 6.33. The van der Waals surface area contributed by atoms with Crippen LogP contribution >= 0.6 is 11.6 Å². The Bertz CT molecular complexity index is 853. The largest absolute Gasteiger partial charge is 0.373 e. The zero-order chi connectivity index (χ0) is 21.8. The first-order chi connectivity index (χ1) is 15.0. The van der Waals surface area contributed by atoms with E-state index in [1.807, 2.05) is 29.2 Å². The van der Waals surface area contributed by atoms with Gasteiger partial charge in [0.25, 0.3) is 5.91 Å². The summed E-state index contributed by atoms with van der Waals surface area (Å²) in [5, 5.41) is 0.763. The quantitative estimate of drug-likeness (QED) is 0.704. The first kappa shape index (κ1) is 22.3. The minimum Gasteiger partial charge on any atom is -0.373 e. The van der Waals surface area contributed by atoms with Crippen LogP contribution in [-0.2, 0) is 17.8 Å². The second-order valence-electron chi connectivity index (χ2n) is 8.84. The molecule has 2 heterocycles. The van der Waals surface area contributed by atoms with Crippen LogP contribution in [0.25, 0.3) is 0 Å². The van der Waals surface area contributed by atoms with E-state index >= 15 is 0 Å². The van der Waals surface area contributed by atoms with Crippen molar-refractivity contribution in [3.8, 4) is 0 Å². The normalized spacial score (nSPS) is 23.1. The van der Waals surface area contributed by atoms with Gasteiger partial charge in [-0.3, -0.25) is 14.6 Å². The van der Waals surface area contributed by atoms with Gasteiger partial charge >= 0.3 is 0 Å². The Kier molecular flexibility index (Phi) is 7.28. The number of carbonyl (C=O) groups is 1. The molecule has 2 aromatic rings. The lowest BCUT2D eigenvalue weighted by molar-refractivity contribution is -0.0704. The minimum atomic E-state index is 0.131. The molecular formula is C25H32ClN3O2. The number of rotatable bonds is 5. The highest BCUT2D eigenvalue weighted by atomic mass is 35.5. The number of nitrogens with zero attached hydrogens (tertiary/aromatic N) is 3. The lowest BCUT2D eigenvalue weighted by atomic mass is 10.1. The molecule has 0 bridgehead atoms. The van der Waals surface area contributed by atoms with Crippen LogP contribution in [0.1, 0.15) is 35.3 Å². The molecule has 0 aliphatic carbocycles. The van der Waals surface area contributed by atoms with Crippen molar-refractivity contribution in [2.75, 3.05) is 39.3 Å². The average molecular weight is 442 g/mol. The molecule has 2 unspecified atom stereocenters. The molecule has 0 radical (unpaired) electrons. The van der Waals surface area contributed by atoms with Crippen molar-refractivity contribution in [3.63, 3.8) is 0 Å². The van der Waals surface area contributed by atoms with Crippen molar-refractivity contribution in [3.05, 3.63) is 70.2 Å². The molecule has 6 heteroatoms. The molecule has 4 rings (SSSR count). The fourth-order valence-electron chi connectivity index (χ4n) is 4.56. The maximum Gasteiger partial charge on any atom is 0.253 e. The molecule has 166 valence electrons. The lowest BCUT2D eigenvalue weighted by Crippen LogP contribution is -2.48. The van der Waals surface area contributed by atoms with E-state index < -0.39 is 0 Å². The number of amides is 1. The smallest absolute Gasteiger partial charge is 0.253 e. The number of morpholine rings is 1. The van der Waals surface area contributed by atoms with Crippen molar-refractivity contribution < 1.29 is 9.53 Å². The van der Waals surface area contributed by atoms with Gasteiger partial charge in [-0.2, -0.15) is 0 Å². The second kappa shape index (κ2) is 10.1. The molecule has 0 aromatic heterocycles. The van der Waals surface area contributed by atoms with E-state index in [9.17, 15) is 4.79 Å². The maximum absolute atomic E-state index is 13.0. The zero-order valence-electron chi connectivity index (χ0n) is 18.5. The second-order valence-corrected chi connectivity index (χ2v) is 9.28. The number of hydrogen-bond donors (Lipinski definition) is 0. The summed E-state index contributed by atoms with van der Waals surface area (Å²) in [6.07, 6.45) is 0.533. The van der Waals surface area contributed by atoms with Crippen LogP contribution in [0.4, 0.5) is 0 Å². The van der Waals surface area contributed by atoms with Gasteiger partial charge in [0, 0.05) is 62.9 Å². The third-order valence-electron chi connectivity index (χ3n) is 6.08. The van der Waals surface area contributed by atoms with Crippen LogP contribution in [0.2, 0.25) is 5.02 Å². The van der Waals surface area contributed by atoms with Gasteiger partial charge < -0.3 is 9.64 Å². The molecular weight excluding hydrogens is 410 g/mol. The molecule has 2 fully saturated rings. The summed E-state index contributed by atoms with van der Waals surface area (Å²) < 4.78 is 5.82. The van der Waals surface area contributed by atoms with Crippen molar-refractivity contribution in [2.45, 2.75) is 39.1 Å². The number of ether oxygens (including phenoxy) is 1. The average Bonchev–Trinajstić information content (AvgIpc) is 2.75. The van der Waals surface area contributed by atoms with Crippen LogP contribution < -0.4 is 0 Å². The number of piperazine rings is 1. The number of hydrogen-bond acceptors (Lipinski definition) is 4. The van der Waals surface area contributed by atoms with Gasteiger partial charge in [-0.25, -0.2) is 0 Å². The summed E-state index contributed by atoms with van der Waals surface area (Å²) in [6.45, 7) is 11.2. The Morgan fingerprint density at radius 1 is 0.839 bits per heavy atom. The number of carbonyl (C=O) groups excluding carboxylic acids is 1. The van der Waals surface area contributed by atoms with Crippen LogP contribution in [0.15, 0.2) is 48.5 Å². The van der Waals surface area contributed by atoms with Crippen molar-refractivity contribution >= 4 is 17.5 Å². The molecule has 1 amide bonds. The van der Waals surface area contributed by atoms with Crippen molar-refractivity contribution in [1.82, 2.24) is 14.7 Å². The Morgan fingerprint density at radius 3 is 1.94 bits per heavy atom. The zero-order valence-corrected chi connectivity index (χ0v) is 19.2. The predicted octanol–water partition coefficient (Wildman–Crippen LogP) is 3.91. The standard InChI is InChI=1S/C25H32ClN3O2/c1-19-15-28(16-20(2)31-19)18-21-3-7-23(8-4-21)25(30)29-13-11-27(12-14-29)17-22-5-9-24(26)10-6-22/h3-10,19-20H,11-18H2,1-2H3. The van der Waals surface area contributed by atoms with Gasteiger partial charge in [0.1, 0.15) is 0 Å². The van der Waals surface area contributed by atoms with E-state index in [-0.39, 0.29) is 18.1 Å². The van der Waals surface area contributed by atoms with Crippen LogP contribution in [0, 0.1) is 0 Å². The van der Waals surface area contributed by atoms with E-state index in [4.69, 9.17) is 16.3 Å². The molecule has 2 aromatic carbocycles. The SMILES string of the molecule is CC1CN(Cc2ccc(C(=O)N3CCN(Cc4ccc(Cl)cc4)CC3)cc2)CC(C)O1. The minimum absolute atomic E-state index is 0.131. The Hall–Kier alpha value is -1.92. The van der Waals surface area contributed by atoms with Gasteiger partial charge in [-0.15, -0.1) is 0 Å². The van der Waals surface area contributed by atoms with E-state index in [1.165, 1.54) is 11.1 Å². The molecule has 0 saturated carbocycles. The topological polar surface area (TPSA) is 36.0 Å². The number of halogens is 1. The third kappa shape index (κ3) is 6.07. The molecule has 2 aliphatic heterocycles. The molecule has 0 spiro atoms. The maximum atomic E-state index is 13.0. The fraction of sp³-hybridized carbons (Fsp3) is 0.480. The first-order valence-electron chi connectivity index (χ1n) is 11.2. The molecule has 31 heavy (non-hydrogen) atoms. The highest BCUT2D eigenvalue weighted by Crippen LogP contribution is 2.17. The fourth-order valence-corrected chi connectivity index (χ4v) is 4.69. The van der Waals surface area contributed by atoms with Crippen molar-refractivity contribution in [2.24, 2.45) is 0 Å². The van der Waals surface area contributed by atoms with Crippen LogP contribution in [0.3, 0.4) is 0 Å². The van der Waals surface area contributed by atoms with Crippen LogP contribution in [-0.4, -0.2) is 72.1 Å². The Labute approximate surface area is 190 Å². The summed E-state index contributed by atoms with van der Waals surface area (Å²) in [5.74, 6) is 0.131. The van der Waals surface area contributed by atoms with Gasteiger partial charge in [-0.1, -0.05) is 35.9 Å². The number of benzene rings is 2. The molecule has 0 N–H and O–H groups in total. The Balaban J connectivity index is 1.27. The lowest BCUT2D eigenvalue weighted by Gasteiger charge is -2.35. The highest BCUT2D eigenvalue weighted by Gasteiger charge is 2.24. The summed E-state index contributed by atoms with van der Waals surface area (Å²) in [4.78, 5) is 19.7. The van der Waals surface area contributed by atoms with E-state index in [1.54, 1.807) is 0 Å². The monoisotopic (exact) mass is 441 g/mol. The van der Waals surface area contributed by atoms with Gasteiger partial charge in [-0.05, 0) is 49.2 Å². The van der Waals surface area contributed by atoms with Gasteiger partial charge in [0.15, 0.2) is 0 Å². The summed E-state index contributed by atoms with van der Waals surface area (Å²) >= 11 is 5.97. The van der Waals surface area contributed by atoms with E-state index in [0.29, 0.717) is 0 Å². The predicted molar refractivity (Wildman–Crippen MR) is 124 cm³/mol. The molecule has 5 nitrogen and oxygen atoms in total. The Morgan fingerprint density at radius 2 is 1.35 bits per heavy atom. The summed E-state index contributed by atoms with van der Waals surface area (Å²) in [6, 6.07) is 16.1.